The van der Waals surface area contributed by atoms with Gasteiger partial charge >= 0.3 is 0 Å². The second kappa shape index (κ2) is 4.07. The van der Waals surface area contributed by atoms with Crippen molar-refractivity contribution in [2.45, 2.75) is 44.8 Å². The minimum Gasteiger partial charge on any atom is -0.477 e. The number of benzene rings is 1. The topological polar surface area (TPSA) is 24.6 Å². The molecule has 2 aliphatic heterocycles. The van der Waals surface area contributed by atoms with Gasteiger partial charge in [0.1, 0.15) is 6.61 Å². The molecule has 1 saturated heterocycles. The van der Waals surface area contributed by atoms with E-state index >= 15 is 0 Å². The number of aliphatic imine (C=N–C) groups is 1. The van der Waals surface area contributed by atoms with Crippen LogP contribution in [-0.4, -0.2) is 35.5 Å². The van der Waals surface area contributed by atoms with Crippen LogP contribution >= 0.6 is 0 Å². The molecule has 0 spiro atoms. The Kier molecular flexibility index (Phi) is 2.46. The maximum atomic E-state index is 8.65. The largest absolute Gasteiger partial charge is 0.477 e. The Morgan fingerprint density at radius 3 is 2.63 bits per heavy atom. The third-order valence-corrected chi connectivity index (χ3v) is 3.90. The van der Waals surface area contributed by atoms with Gasteiger partial charge in [-0.2, -0.15) is 0 Å². The Labute approximate surface area is 116 Å². The van der Waals surface area contributed by atoms with Crippen molar-refractivity contribution < 1.29 is 6.11 Å². The Bertz CT molecular complexity index is 553. The quantitative estimate of drug-likeness (QED) is 0.780. The molecule has 0 radical (unpaired) electrons. The van der Waals surface area contributed by atoms with Gasteiger partial charge in [0.05, 0.1) is 12.9 Å². The van der Waals surface area contributed by atoms with E-state index in [0.717, 1.165) is 0 Å². The molecule has 2 atom stereocenters. The lowest BCUT2D eigenvalue weighted by molar-refractivity contribution is 0.248. The van der Waals surface area contributed by atoms with Crippen molar-refractivity contribution >= 4 is 5.90 Å². The van der Waals surface area contributed by atoms with Gasteiger partial charge in [-0.15, -0.1) is 0 Å². The summed E-state index contributed by atoms with van der Waals surface area (Å²) in [5.74, 6) is 0.575. The van der Waals surface area contributed by atoms with Gasteiger partial charge in [0.25, 0.3) is 0 Å². The van der Waals surface area contributed by atoms with Crippen LogP contribution in [0.3, 0.4) is 0 Å². The first kappa shape index (κ1) is 11.5. The van der Waals surface area contributed by atoms with E-state index in [1.807, 2.05) is 32.0 Å². The molecule has 0 N–H and O–H groups in total. The number of hydrogen-bond donors (Lipinski definition) is 0. The second-order valence-electron chi connectivity index (χ2n) is 6.48. The third-order valence-electron chi connectivity index (χ3n) is 3.90. The Hall–Kier alpha value is -1.35. The van der Waals surface area contributed by atoms with Crippen molar-refractivity contribution in [1.82, 2.24) is 4.90 Å². The van der Waals surface area contributed by atoms with Crippen LogP contribution in [0, 0.1) is 0 Å². The second-order valence-corrected chi connectivity index (χ2v) is 6.48. The molecule has 3 rings (SSSR count). The molecule has 0 bridgehead atoms. The zero-order chi connectivity index (χ0) is 14.6. The summed E-state index contributed by atoms with van der Waals surface area (Å²) >= 11 is 0. The Morgan fingerprint density at radius 2 is 2.05 bits per heavy atom. The fourth-order valence-electron chi connectivity index (χ4n) is 2.57. The molecule has 2 heterocycles. The van der Waals surface area contributed by atoms with Gasteiger partial charge in [0, 0.05) is 12.1 Å². The number of rotatable bonds is 3. The molecule has 102 valence electrons. The molecule has 1 aromatic carbocycles. The first-order valence-corrected chi connectivity index (χ1v) is 6.82. The standard InChI is InChI=1S/C16H22N2O/c1-15(2)11-19-14(17-15)13-10-18(13)16(3,4)12-8-6-5-7-9-12/h5-9,13H,10-11H2,1-4H3/i13D. The van der Waals surface area contributed by atoms with Gasteiger partial charge in [0.2, 0.25) is 5.90 Å². The first-order chi connectivity index (χ1) is 9.26. The fraction of sp³-hybridized carbons (Fsp3) is 0.562. The van der Waals surface area contributed by atoms with Crippen LogP contribution in [0.4, 0.5) is 0 Å². The smallest absolute Gasteiger partial charge is 0.203 e. The van der Waals surface area contributed by atoms with Crippen LogP contribution in [0.2, 0.25) is 0 Å². The van der Waals surface area contributed by atoms with E-state index in [4.69, 9.17) is 6.11 Å². The van der Waals surface area contributed by atoms with E-state index in [1.54, 1.807) is 0 Å². The van der Waals surface area contributed by atoms with E-state index in [0.29, 0.717) is 19.0 Å². The molecular formula is C16H22N2O. The molecule has 2 unspecified atom stereocenters. The lowest BCUT2D eigenvalue weighted by Crippen LogP contribution is -2.31. The van der Waals surface area contributed by atoms with Crippen molar-refractivity contribution in [2.24, 2.45) is 4.99 Å². The molecule has 19 heavy (non-hydrogen) atoms. The molecule has 3 heteroatoms. The van der Waals surface area contributed by atoms with Crippen molar-refractivity contribution in [3.63, 3.8) is 0 Å². The molecule has 2 aliphatic rings. The molecule has 0 amide bonds. The van der Waals surface area contributed by atoms with E-state index < -0.39 is 6.02 Å². The molecule has 1 fully saturated rings. The fourth-order valence-corrected chi connectivity index (χ4v) is 2.57. The Morgan fingerprint density at radius 1 is 1.37 bits per heavy atom. The van der Waals surface area contributed by atoms with Crippen LogP contribution in [0.25, 0.3) is 0 Å². The molecule has 0 aromatic heterocycles. The van der Waals surface area contributed by atoms with Crippen molar-refractivity contribution in [2.75, 3.05) is 13.2 Å². The van der Waals surface area contributed by atoms with Gasteiger partial charge in [0.15, 0.2) is 0 Å². The van der Waals surface area contributed by atoms with Crippen LogP contribution in [0.1, 0.15) is 34.6 Å². The van der Waals surface area contributed by atoms with Gasteiger partial charge in [-0.05, 0) is 33.3 Å². The zero-order valence-corrected chi connectivity index (χ0v) is 12.1. The number of hydrogen-bond acceptors (Lipinski definition) is 3. The third kappa shape index (κ3) is 2.27. The number of ether oxygens (including phenoxy) is 1. The average molecular weight is 259 g/mol. The molecule has 0 aliphatic carbocycles. The van der Waals surface area contributed by atoms with E-state index in [-0.39, 0.29) is 11.1 Å². The molecular weight excluding hydrogens is 236 g/mol. The lowest BCUT2D eigenvalue weighted by atomic mass is 9.94. The highest BCUT2D eigenvalue weighted by atomic mass is 16.5. The zero-order valence-electron chi connectivity index (χ0n) is 13.1. The Balaban J connectivity index is 1.85. The molecule has 0 saturated carbocycles. The van der Waals surface area contributed by atoms with E-state index in [9.17, 15) is 0 Å². The highest BCUT2D eigenvalue weighted by molar-refractivity contribution is 5.86. The average Bonchev–Trinajstić information content (AvgIpc) is 2.97. The van der Waals surface area contributed by atoms with Crippen LogP contribution < -0.4 is 0 Å². The van der Waals surface area contributed by atoms with Gasteiger partial charge in [-0.25, -0.2) is 4.99 Å². The minimum absolute atomic E-state index is 0.193. The summed E-state index contributed by atoms with van der Waals surface area (Å²) < 4.78 is 14.3. The highest BCUT2D eigenvalue weighted by Crippen LogP contribution is 2.39. The summed E-state index contributed by atoms with van der Waals surface area (Å²) in [6.07, 6.45) is 0. The summed E-state index contributed by atoms with van der Waals surface area (Å²) in [6.45, 7) is 9.63. The summed E-state index contributed by atoms with van der Waals surface area (Å²) in [5, 5.41) is 0. The predicted molar refractivity (Wildman–Crippen MR) is 77.4 cm³/mol. The monoisotopic (exact) mass is 259 g/mol. The summed E-state index contributed by atoms with van der Waals surface area (Å²) in [4.78, 5) is 6.71. The summed E-state index contributed by atoms with van der Waals surface area (Å²) in [5.41, 5.74) is 0.822. The highest BCUT2D eigenvalue weighted by Gasteiger charge is 2.50. The molecule has 1 aromatic rings. The normalized spacial score (nSPS) is 33.4. The van der Waals surface area contributed by atoms with Crippen LogP contribution in [0.15, 0.2) is 35.3 Å². The SMILES string of the molecule is [2H]C1(C2=NC(C)(C)CO2)CN1C(C)(C)c1ccccc1. The van der Waals surface area contributed by atoms with Crippen molar-refractivity contribution in [3.05, 3.63) is 35.9 Å². The maximum absolute atomic E-state index is 8.65. The number of nitrogens with zero attached hydrogens (tertiary/aromatic N) is 2. The van der Waals surface area contributed by atoms with E-state index in [2.05, 4.69) is 35.9 Å². The van der Waals surface area contributed by atoms with Gasteiger partial charge in [-0.1, -0.05) is 30.3 Å². The first-order valence-electron chi connectivity index (χ1n) is 7.32. The summed E-state index contributed by atoms with van der Waals surface area (Å²) in [6, 6.07) is 9.52. The van der Waals surface area contributed by atoms with Gasteiger partial charge < -0.3 is 4.74 Å². The van der Waals surface area contributed by atoms with Crippen LogP contribution in [0.5, 0.6) is 0 Å². The predicted octanol–water partition coefficient (Wildman–Crippen LogP) is 2.81. The maximum Gasteiger partial charge on any atom is 0.203 e. The van der Waals surface area contributed by atoms with Gasteiger partial charge in [-0.3, -0.25) is 4.90 Å². The minimum atomic E-state index is -0.799. The lowest BCUT2D eigenvalue weighted by Gasteiger charge is -2.28. The van der Waals surface area contributed by atoms with Crippen molar-refractivity contribution in [3.8, 4) is 0 Å². The van der Waals surface area contributed by atoms with E-state index in [1.165, 1.54) is 5.56 Å². The molecule has 3 nitrogen and oxygen atoms in total. The summed E-state index contributed by atoms with van der Waals surface area (Å²) in [7, 11) is 0. The van der Waals surface area contributed by atoms with Crippen LogP contribution in [-0.2, 0) is 10.3 Å². The van der Waals surface area contributed by atoms with Crippen molar-refractivity contribution in [1.29, 1.82) is 0 Å².